The van der Waals surface area contributed by atoms with Crippen LogP contribution in [-0.2, 0) is 21.4 Å². The second kappa shape index (κ2) is 10.4. The summed E-state index contributed by atoms with van der Waals surface area (Å²) in [5.41, 5.74) is 0.676. The summed E-state index contributed by atoms with van der Waals surface area (Å²) < 4.78 is 38.9. The van der Waals surface area contributed by atoms with Crippen LogP contribution in [0.4, 0.5) is 5.69 Å². The van der Waals surface area contributed by atoms with Crippen LogP contribution < -0.4 is 10.0 Å². The van der Waals surface area contributed by atoms with E-state index in [1.807, 2.05) is 6.07 Å². The molecule has 0 atom stereocenters. The van der Waals surface area contributed by atoms with Crippen molar-refractivity contribution in [3.05, 3.63) is 82.7 Å². The van der Waals surface area contributed by atoms with Gasteiger partial charge in [0.1, 0.15) is 12.4 Å². The summed E-state index contributed by atoms with van der Waals surface area (Å²) in [7, 11) is -3.75. The molecule has 0 spiro atoms. The van der Waals surface area contributed by atoms with Crippen molar-refractivity contribution in [3.8, 4) is 0 Å². The number of benzene rings is 2. The SMILES string of the molecule is O=C(NCCCOCc1ccco1)c1cccc(NS(=O)(=O)c2ccc(Br)cc2)c1. The monoisotopic (exact) mass is 492 g/mol. The van der Waals surface area contributed by atoms with Gasteiger partial charge in [0.05, 0.1) is 11.2 Å². The quantitative estimate of drug-likeness (QED) is 0.413. The number of amides is 1. The minimum Gasteiger partial charge on any atom is -0.467 e. The Kier molecular flexibility index (Phi) is 7.67. The molecule has 0 aliphatic rings. The first-order valence-corrected chi connectivity index (χ1v) is 11.5. The van der Waals surface area contributed by atoms with E-state index in [1.165, 1.54) is 18.2 Å². The molecule has 2 N–H and O–H groups in total. The van der Waals surface area contributed by atoms with Gasteiger partial charge >= 0.3 is 0 Å². The van der Waals surface area contributed by atoms with Crippen molar-refractivity contribution in [2.75, 3.05) is 17.9 Å². The van der Waals surface area contributed by atoms with Crippen molar-refractivity contribution >= 4 is 37.5 Å². The van der Waals surface area contributed by atoms with Gasteiger partial charge in [-0.3, -0.25) is 9.52 Å². The van der Waals surface area contributed by atoms with Gasteiger partial charge in [0.2, 0.25) is 0 Å². The molecular weight excluding hydrogens is 472 g/mol. The molecule has 1 aromatic heterocycles. The molecular formula is C21H21BrN2O5S. The topological polar surface area (TPSA) is 97.6 Å². The van der Waals surface area contributed by atoms with E-state index in [0.29, 0.717) is 37.4 Å². The predicted octanol–water partition coefficient (Wildman–Crippen LogP) is 4.18. The standard InChI is InChI=1S/C21H21BrN2O5S/c22-17-7-9-20(10-8-17)30(26,27)24-18-5-1-4-16(14-18)21(25)23-11-3-12-28-15-19-6-2-13-29-19/h1-2,4-10,13-14,24H,3,11-12,15H2,(H,23,25). The minimum absolute atomic E-state index is 0.134. The number of anilines is 1. The number of rotatable bonds is 10. The molecule has 1 heterocycles. The number of nitrogens with one attached hydrogen (secondary N) is 2. The van der Waals surface area contributed by atoms with Crippen molar-refractivity contribution in [2.24, 2.45) is 0 Å². The number of carbonyl (C=O) groups excluding carboxylic acids is 1. The molecule has 0 bridgehead atoms. The van der Waals surface area contributed by atoms with Gasteiger partial charge in [0, 0.05) is 28.9 Å². The van der Waals surface area contributed by atoms with Crippen LogP contribution in [0.5, 0.6) is 0 Å². The Morgan fingerprint density at radius 2 is 1.87 bits per heavy atom. The molecule has 9 heteroatoms. The summed E-state index contributed by atoms with van der Waals surface area (Å²) in [5, 5.41) is 2.80. The third-order valence-electron chi connectivity index (χ3n) is 4.08. The van der Waals surface area contributed by atoms with Crippen molar-refractivity contribution in [1.29, 1.82) is 0 Å². The van der Waals surface area contributed by atoms with E-state index >= 15 is 0 Å². The fraction of sp³-hybridized carbons (Fsp3) is 0.190. The van der Waals surface area contributed by atoms with E-state index in [0.717, 1.165) is 10.2 Å². The van der Waals surface area contributed by atoms with Gasteiger partial charge in [-0.1, -0.05) is 22.0 Å². The summed E-state index contributed by atoms with van der Waals surface area (Å²) in [4.78, 5) is 12.5. The zero-order valence-electron chi connectivity index (χ0n) is 16.0. The highest BCUT2D eigenvalue weighted by Gasteiger charge is 2.15. The van der Waals surface area contributed by atoms with Crippen molar-refractivity contribution in [1.82, 2.24) is 5.32 Å². The predicted molar refractivity (Wildman–Crippen MR) is 117 cm³/mol. The van der Waals surface area contributed by atoms with Gasteiger partial charge in [-0.05, 0) is 61.0 Å². The third-order valence-corrected chi connectivity index (χ3v) is 6.00. The molecule has 0 aliphatic heterocycles. The highest BCUT2D eigenvalue weighted by Crippen LogP contribution is 2.19. The Hall–Kier alpha value is -2.62. The molecule has 0 saturated carbocycles. The Morgan fingerprint density at radius 1 is 1.07 bits per heavy atom. The van der Waals surface area contributed by atoms with Crippen molar-refractivity contribution < 1.29 is 22.4 Å². The molecule has 2 aromatic carbocycles. The van der Waals surface area contributed by atoms with E-state index in [2.05, 4.69) is 26.0 Å². The lowest BCUT2D eigenvalue weighted by Crippen LogP contribution is -2.25. The van der Waals surface area contributed by atoms with Crippen LogP contribution in [-0.4, -0.2) is 27.5 Å². The molecule has 0 fully saturated rings. The number of furan rings is 1. The first-order chi connectivity index (χ1) is 14.4. The molecule has 30 heavy (non-hydrogen) atoms. The molecule has 0 unspecified atom stereocenters. The van der Waals surface area contributed by atoms with Crippen LogP contribution in [0.3, 0.4) is 0 Å². The average molecular weight is 493 g/mol. The highest BCUT2D eigenvalue weighted by molar-refractivity contribution is 9.10. The number of halogens is 1. The van der Waals surface area contributed by atoms with Gasteiger partial charge in [0.15, 0.2) is 0 Å². The molecule has 7 nitrogen and oxygen atoms in total. The lowest BCUT2D eigenvalue weighted by molar-refractivity contribution is 0.0917. The maximum atomic E-state index is 12.5. The number of hydrogen-bond donors (Lipinski definition) is 2. The van der Waals surface area contributed by atoms with E-state index in [-0.39, 0.29) is 10.8 Å². The number of ether oxygens (including phenoxy) is 1. The van der Waals surface area contributed by atoms with Gasteiger partial charge in [-0.15, -0.1) is 0 Å². The van der Waals surface area contributed by atoms with Gasteiger partial charge in [0.25, 0.3) is 15.9 Å². The van der Waals surface area contributed by atoms with Crippen molar-refractivity contribution in [2.45, 2.75) is 17.9 Å². The Bertz CT molecular complexity index is 1070. The third kappa shape index (κ3) is 6.45. The minimum atomic E-state index is -3.75. The first-order valence-electron chi connectivity index (χ1n) is 9.21. The molecule has 0 aliphatic carbocycles. The number of carbonyl (C=O) groups is 1. The largest absolute Gasteiger partial charge is 0.467 e. The maximum absolute atomic E-state index is 12.5. The van der Waals surface area contributed by atoms with E-state index in [9.17, 15) is 13.2 Å². The number of sulfonamides is 1. The van der Waals surface area contributed by atoms with E-state index < -0.39 is 10.0 Å². The summed E-state index contributed by atoms with van der Waals surface area (Å²) in [6.07, 6.45) is 2.23. The lowest BCUT2D eigenvalue weighted by atomic mass is 10.2. The molecule has 158 valence electrons. The smallest absolute Gasteiger partial charge is 0.261 e. The van der Waals surface area contributed by atoms with Crippen LogP contribution in [0, 0.1) is 0 Å². The van der Waals surface area contributed by atoms with Gasteiger partial charge in [-0.2, -0.15) is 0 Å². The molecule has 1 amide bonds. The van der Waals surface area contributed by atoms with Crippen LogP contribution in [0.1, 0.15) is 22.5 Å². The van der Waals surface area contributed by atoms with Crippen molar-refractivity contribution in [3.63, 3.8) is 0 Å². The molecule has 3 aromatic rings. The fourth-order valence-electron chi connectivity index (χ4n) is 2.60. The fourth-order valence-corrected chi connectivity index (χ4v) is 3.91. The Balaban J connectivity index is 1.49. The average Bonchev–Trinajstić information content (AvgIpc) is 3.24. The van der Waals surface area contributed by atoms with Gasteiger partial charge in [-0.25, -0.2) is 8.42 Å². The molecule has 0 saturated heterocycles. The maximum Gasteiger partial charge on any atom is 0.261 e. The molecule has 0 radical (unpaired) electrons. The second-order valence-corrected chi connectivity index (χ2v) is 8.98. The number of hydrogen-bond acceptors (Lipinski definition) is 5. The van der Waals surface area contributed by atoms with Crippen LogP contribution in [0.25, 0.3) is 0 Å². The summed E-state index contributed by atoms with van der Waals surface area (Å²) in [6, 6.07) is 16.3. The summed E-state index contributed by atoms with van der Waals surface area (Å²) in [5.74, 6) is 0.465. The highest BCUT2D eigenvalue weighted by atomic mass is 79.9. The van der Waals surface area contributed by atoms with Gasteiger partial charge < -0.3 is 14.5 Å². The molecule has 3 rings (SSSR count). The Labute approximate surface area is 183 Å². The van der Waals surface area contributed by atoms with Crippen LogP contribution >= 0.6 is 15.9 Å². The summed E-state index contributed by atoms with van der Waals surface area (Å²) in [6.45, 7) is 1.31. The van der Waals surface area contributed by atoms with Crippen LogP contribution in [0.2, 0.25) is 0 Å². The first kappa shape index (κ1) is 22.1. The normalized spacial score (nSPS) is 11.2. The van der Waals surface area contributed by atoms with E-state index in [1.54, 1.807) is 42.7 Å². The van der Waals surface area contributed by atoms with E-state index in [4.69, 9.17) is 9.15 Å². The zero-order chi connectivity index (χ0) is 21.4. The lowest BCUT2D eigenvalue weighted by Gasteiger charge is -2.10. The zero-order valence-corrected chi connectivity index (χ0v) is 18.4. The second-order valence-electron chi connectivity index (χ2n) is 6.38. The van der Waals surface area contributed by atoms with Crippen LogP contribution in [0.15, 0.2) is 80.7 Å². The summed E-state index contributed by atoms with van der Waals surface area (Å²) >= 11 is 3.28. The Morgan fingerprint density at radius 3 is 2.60 bits per heavy atom.